The van der Waals surface area contributed by atoms with Crippen molar-refractivity contribution >= 4 is 34.5 Å². The van der Waals surface area contributed by atoms with Crippen LogP contribution in [0.4, 0.5) is 0 Å². The van der Waals surface area contributed by atoms with E-state index >= 15 is 0 Å². The Morgan fingerprint density at radius 1 is 1.15 bits per heavy atom. The van der Waals surface area contributed by atoms with Crippen LogP contribution in [0.25, 0.3) is 11.0 Å². The monoisotopic (exact) mass is 543 g/mol. The molecule has 1 unspecified atom stereocenters. The highest BCUT2D eigenvalue weighted by molar-refractivity contribution is 6.32. The summed E-state index contributed by atoms with van der Waals surface area (Å²) in [6.07, 6.45) is 6.67. The van der Waals surface area contributed by atoms with E-state index in [1.165, 1.54) is 6.08 Å². The summed E-state index contributed by atoms with van der Waals surface area (Å²) in [6.45, 7) is 2.74. The number of fused-ring (bicyclic) bond motifs is 1. The van der Waals surface area contributed by atoms with Crippen LogP contribution in [0.15, 0.2) is 100 Å². The number of H-pyrrole nitrogens is 1. The van der Waals surface area contributed by atoms with Gasteiger partial charge in [0.05, 0.1) is 29.3 Å². The Balaban J connectivity index is 1.47. The molecule has 5 rings (SSSR count). The van der Waals surface area contributed by atoms with E-state index in [1.807, 2.05) is 73.7 Å². The topological polar surface area (TPSA) is 104 Å². The first kappa shape index (κ1) is 26.7. The summed E-state index contributed by atoms with van der Waals surface area (Å²) in [4.78, 5) is 34.0. The van der Waals surface area contributed by atoms with Gasteiger partial charge in [-0.25, -0.2) is 9.78 Å². The minimum absolute atomic E-state index is 0.0806. The highest BCUT2D eigenvalue weighted by Gasteiger charge is 2.32. The van der Waals surface area contributed by atoms with Crippen molar-refractivity contribution in [2.75, 3.05) is 13.2 Å². The zero-order valence-corrected chi connectivity index (χ0v) is 22.4. The largest absolute Gasteiger partial charge is 0.478 e. The van der Waals surface area contributed by atoms with Gasteiger partial charge in [-0.3, -0.25) is 4.79 Å². The molecule has 0 bridgehead atoms. The van der Waals surface area contributed by atoms with E-state index in [2.05, 4.69) is 10.3 Å². The predicted molar refractivity (Wildman–Crippen MR) is 151 cm³/mol. The molecular weight excluding hydrogens is 514 g/mol. The molecule has 0 radical (unpaired) electrons. The number of aliphatic carboxylic acids is 1. The number of halogens is 1. The van der Waals surface area contributed by atoms with Crippen molar-refractivity contribution in [3.63, 3.8) is 0 Å². The van der Waals surface area contributed by atoms with Crippen LogP contribution in [0, 0.1) is 0 Å². The summed E-state index contributed by atoms with van der Waals surface area (Å²) in [5.41, 5.74) is 4.54. The molecule has 2 aliphatic carbocycles. The Bertz CT molecular complexity index is 1480. The van der Waals surface area contributed by atoms with E-state index in [9.17, 15) is 14.7 Å². The van der Waals surface area contributed by atoms with Gasteiger partial charge in [-0.05, 0) is 67.2 Å². The average molecular weight is 544 g/mol. The maximum absolute atomic E-state index is 13.3. The number of hydrogen-bond donors (Lipinski definition) is 3. The lowest BCUT2D eigenvalue weighted by atomic mass is 9.79. The van der Waals surface area contributed by atoms with Crippen LogP contribution in [0.1, 0.15) is 49.5 Å². The van der Waals surface area contributed by atoms with E-state index in [0.29, 0.717) is 48.7 Å². The molecule has 0 spiro atoms. The molecule has 39 heavy (non-hydrogen) atoms. The number of ether oxygens (including phenoxy) is 1. The third kappa shape index (κ3) is 5.75. The number of allylic oxidation sites excluding steroid dienone is 5. The van der Waals surface area contributed by atoms with Gasteiger partial charge in [0.1, 0.15) is 5.82 Å². The normalized spacial score (nSPS) is 18.3. The number of hydrogen-bond acceptors (Lipinski definition) is 4. The number of nitrogens with one attached hydrogen (secondary N) is 2. The van der Waals surface area contributed by atoms with Crippen molar-refractivity contribution in [3.8, 4) is 0 Å². The van der Waals surface area contributed by atoms with Gasteiger partial charge in [-0.2, -0.15) is 0 Å². The Hall–Kier alpha value is -3.94. The van der Waals surface area contributed by atoms with Crippen LogP contribution in [0.2, 0.25) is 0 Å². The van der Waals surface area contributed by atoms with E-state index in [4.69, 9.17) is 21.3 Å². The number of carbonyl (C=O) groups is 2. The molecule has 3 aromatic rings. The van der Waals surface area contributed by atoms with Gasteiger partial charge in [0.25, 0.3) is 0 Å². The van der Waals surface area contributed by atoms with Gasteiger partial charge < -0.3 is 20.1 Å². The van der Waals surface area contributed by atoms with Gasteiger partial charge >= 0.3 is 5.97 Å². The van der Waals surface area contributed by atoms with Gasteiger partial charge in [0.2, 0.25) is 5.91 Å². The lowest BCUT2D eigenvalue weighted by Gasteiger charge is -2.28. The minimum atomic E-state index is -1.10. The van der Waals surface area contributed by atoms with E-state index in [1.54, 1.807) is 0 Å². The summed E-state index contributed by atoms with van der Waals surface area (Å²) in [6, 6.07) is 17.0. The van der Waals surface area contributed by atoms with Gasteiger partial charge in [0.15, 0.2) is 0 Å². The summed E-state index contributed by atoms with van der Waals surface area (Å²) in [7, 11) is 0. The number of aromatic nitrogens is 2. The second-order valence-corrected chi connectivity index (χ2v) is 9.96. The molecule has 8 heteroatoms. The molecule has 1 heterocycles. The third-order valence-electron chi connectivity index (χ3n) is 7.11. The molecule has 2 aromatic carbocycles. The smallest absolute Gasteiger partial charge is 0.335 e. The maximum atomic E-state index is 13.3. The van der Waals surface area contributed by atoms with Gasteiger partial charge in [-0.1, -0.05) is 60.1 Å². The number of imidazole rings is 1. The second kappa shape index (κ2) is 11.8. The molecule has 0 aliphatic heterocycles. The highest BCUT2D eigenvalue weighted by atomic mass is 35.5. The SMILES string of the molecule is CCOC[C@@H](NC(=O)C1=CC(C(=O)O)=C(C2=C(Cl)C=CCC2c2nc3ccccc3[nH]2)CC1)c1ccccc1. The summed E-state index contributed by atoms with van der Waals surface area (Å²) in [5, 5.41) is 13.7. The van der Waals surface area contributed by atoms with Crippen LogP contribution in [-0.4, -0.2) is 40.2 Å². The second-order valence-electron chi connectivity index (χ2n) is 9.55. The van der Waals surface area contributed by atoms with E-state index < -0.39 is 5.97 Å². The van der Waals surface area contributed by atoms with Crippen molar-refractivity contribution in [2.24, 2.45) is 0 Å². The summed E-state index contributed by atoms with van der Waals surface area (Å²) in [5.74, 6) is -0.894. The number of amides is 1. The van der Waals surface area contributed by atoms with Crippen LogP contribution in [0.5, 0.6) is 0 Å². The van der Waals surface area contributed by atoms with Crippen LogP contribution < -0.4 is 5.32 Å². The summed E-state index contributed by atoms with van der Waals surface area (Å²) < 4.78 is 5.61. The average Bonchev–Trinajstić information content (AvgIpc) is 3.39. The maximum Gasteiger partial charge on any atom is 0.335 e. The number of nitrogens with zero attached hydrogens (tertiary/aromatic N) is 1. The van der Waals surface area contributed by atoms with Crippen LogP contribution in [-0.2, 0) is 14.3 Å². The third-order valence-corrected chi connectivity index (χ3v) is 7.44. The molecule has 1 aromatic heterocycles. The zero-order valence-electron chi connectivity index (χ0n) is 21.6. The Morgan fingerprint density at radius 3 is 2.67 bits per heavy atom. The first-order valence-electron chi connectivity index (χ1n) is 13.1. The first-order valence-corrected chi connectivity index (χ1v) is 13.5. The Kier molecular flexibility index (Phi) is 8.10. The number of benzene rings is 2. The molecule has 0 saturated heterocycles. The van der Waals surface area contributed by atoms with E-state index in [-0.39, 0.29) is 23.4 Å². The predicted octanol–water partition coefficient (Wildman–Crippen LogP) is 6.09. The number of rotatable bonds is 9. The molecular formula is C31H30ClN3O4. The fraction of sp³-hybridized carbons (Fsp3) is 0.258. The fourth-order valence-corrected chi connectivity index (χ4v) is 5.53. The Labute approximate surface area is 231 Å². The number of carboxylic acid groups (broad SMARTS) is 1. The fourth-order valence-electron chi connectivity index (χ4n) is 5.19. The van der Waals surface area contributed by atoms with E-state index in [0.717, 1.165) is 28.0 Å². The van der Waals surface area contributed by atoms with Crippen LogP contribution in [0.3, 0.4) is 0 Å². The van der Waals surface area contributed by atoms with Gasteiger partial charge in [0, 0.05) is 23.1 Å². The van der Waals surface area contributed by atoms with Crippen molar-refractivity contribution in [1.82, 2.24) is 15.3 Å². The lowest BCUT2D eigenvalue weighted by Crippen LogP contribution is -2.33. The molecule has 2 atom stereocenters. The molecule has 1 amide bonds. The number of aromatic amines is 1. The molecule has 2 aliphatic rings. The molecule has 3 N–H and O–H groups in total. The van der Waals surface area contributed by atoms with Crippen molar-refractivity contribution in [2.45, 2.75) is 38.1 Å². The number of para-hydroxylation sites is 2. The van der Waals surface area contributed by atoms with Crippen molar-refractivity contribution < 1.29 is 19.4 Å². The van der Waals surface area contributed by atoms with Crippen molar-refractivity contribution in [3.05, 3.63) is 112 Å². The lowest BCUT2D eigenvalue weighted by molar-refractivity contribution is -0.132. The molecule has 0 saturated carbocycles. The molecule has 0 fully saturated rings. The number of carboxylic acids is 1. The standard InChI is InChI=1S/C31H30ClN3O4/c1-2-39-18-27(19-9-4-3-5-10-19)35-30(36)20-15-16-21(23(17-20)31(37)38)28-22(11-8-12-24(28)32)29-33-25-13-6-7-14-26(25)34-29/h3-10,12-14,17,22,27H,2,11,15-16,18H2,1H3,(H,33,34)(H,35,36)(H,37,38)/t22?,27-/m1/s1. The highest BCUT2D eigenvalue weighted by Crippen LogP contribution is 2.43. The first-order chi connectivity index (χ1) is 19.0. The van der Waals surface area contributed by atoms with Crippen molar-refractivity contribution in [1.29, 1.82) is 0 Å². The quantitative estimate of drug-likeness (QED) is 0.303. The number of carbonyl (C=O) groups excluding carboxylic acids is 1. The Morgan fingerprint density at radius 2 is 1.92 bits per heavy atom. The minimum Gasteiger partial charge on any atom is -0.478 e. The molecule has 7 nitrogen and oxygen atoms in total. The summed E-state index contributed by atoms with van der Waals surface area (Å²) >= 11 is 6.72. The molecule has 200 valence electrons. The van der Waals surface area contributed by atoms with Gasteiger partial charge in [-0.15, -0.1) is 0 Å². The zero-order chi connectivity index (χ0) is 27.4. The van der Waals surface area contributed by atoms with Crippen LogP contribution >= 0.6 is 11.6 Å².